The number of hydrogen-bond donors (Lipinski definition) is 1. The number of hydrogen-bond acceptors (Lipinski definition) is 3. The highest BCUT2D eigenvalue weighted by molar-refractivity contribution is 6.30. The lowest BCUT2D eigenvalue weighted by Crippen LogP contribution is -1.96. The van der Waals surface area contributed by atoms with Gasteiger partial charge >= 0.3 is 0 Å². The Morgan fingerprint density at radius 2 is 2.05 bits per heavy atom. The Kier molecular flexibility index (Phi) is 3.22. The molecule has 21 heavy (non-hydrogen) atoms. The molecule has 0 aliphatic heterocycles. The minimum Gasteiger partial charge on any atom is -0.466 e. The number of furan rings is 1. The molecule has 2 N–H and O–H groups in total. The second kappa shape index (κ2) is 4.93. The lowest BCUT2D eigenvalue weighted by Gasteiger charge is -2.02. The molecule has 0 spiro atoms. The van der Waals surface area contributed by atoms with Gasteiger partial charge in [-0.1, -0.05) is 11.6 Å². The Labute approximate surface area is 125 Å². The van der Waals surface area contributed by atoms with Crippen molar-refractivity contribution in [3.63, 3.8) is 0 Å². The molecule has 0 bridgehead atoms. The lowest BCUT2D eigenvalue weighted by atomic mass is 10.1. The molecule has 3 aromatic rings. The van der Waals surface area contributed by atoms with Gasteiger partial charge in [0.15, 0.2) is 0 Å². The quantitative estimate of drug-likeness (QED) is 0.774. The number of nitrogens with two attached hydrogens (primary N) is 1. The summed E-state index contributed by atoms with van der Waals surface area (Å²) in [5.74, 6) is 1.03. The molecule has 0 saturated carbocycles. The first-order valence-electron chi connectivity index (χ1n) is 6.33. The molecule has 0 unspecified atom stereocenters. The van der Waals surface area contributed by atoms with E-state index in [1.54, 1.807) is 12.3 Å². The van der Waals surface area contributed by atoms with Crippen LogP contribution in [-0.2, 0) is 0 Å². The summed E-state index contributed by atoms with van der Waals surface area (Å²) in [5, 5.41) is 4.49. The summed E-state index contributed by atoms with van der Waals surface area (Å²) in [7, 11) is 0. The number of aryl methyl sites for hydroxylation is 2. The van der Waals surface area contributed by atoms with Crippen molar-refractivity contribution < 1.29 is 8.81 Å². The van der Waals surface area contributed by atoms with Crippen LogP contribution in [0.1, 0.15) is 11.5 Å². The number of rotatable bonds is 2. The standard InChI is InChI=1S/C15H13ClFN3O/c1-8-5-11(9(2)21-8)15-14(18)7-20(19-15)10-3-4-12(16)13(17)6-10/h3-7H,18H2,1-2H3. The van der Waals surface area contributed by atoms with Crippen LogP contribution < -0.4 is 5.73 Å². The van der Waals surface area contributed by atoms with E-state index in [0.29, 0.717) is 17.1 Å². The van der Waals surface area contributed by atoms with E-state index in [1.165, 1.54) is 16.8 Å². The van der Waals surface area contributed by atoms with Crippen LogP contribution in [0.4, 0.5) is 10.1 Å². The van der Waals surface area contributed by atoms with Gasteiger partial charge in [-0.2, -0.15) is 5.10 Å². The van der Waals surface area contributed by atoms with Crippen LogP contribution in [0.2, 0.25) is 5.02 Å². The third-order valence-electron chi connectivity index (χ3n) is 3.21. The van der Waals surface area contributed by atoms with E-state index >= 15 is 0 Å². The molecule has 6 heteroatoms. The van der Waals surface area contributed by atoms with E-state index in [9.17, 15) is 4.39 Å². The Bertz CT molecular complexity index is 822. The average Bonchev–Trinajstić information content (AvgIpc) is 2.95. The molecule has 0 radical (unpaired) electrons. The van der Waals surface area contributed by atoms with Gasteiger partial charge in [0.05, 0.1) is 22.6 Å². The van der Waals surface area contributed by atoms with Crippen molar-refractivity contribution >= 4 is 17.3 Å². The van der Waals surface area contributed by atoms with E-state index < -0.39 is 5.82 Å². The smallest absolute Gasteiger partial charge is 0.143 e. The first-order chi connectivity index (χ1) is 9.95. The summed E-state index contributed by atoms with van der Waals surface area (Å²) in [6.45, 7) is 3.71. The molecule has 0 saturated heterocycles. The summed E-state index contributed by atoms with van der Waals surface area (Å²) in [4.78, 5) is 0. The van der Waals surface area contributed by atoms with E-state index in [1.807, 2.05) is 19.9 Å². The Morgan fingerprint density at radius 3 is 2.67 bits per heavy atom. The molecule has 108 valence electrons. The molecule has 2 aromatic heterocycles. The number of benzene rings is 1. The van der Waals surface area contributed by atoms with Crippen molar-refractivity contribution in [1.82, 2.24) is 9.78 Å². The van der Waals surface area contributed by atoms with Gasteiger partial charge in [0.1, 0.15) is 23.0 Å². The molecule has 0 atom stereocenters. The van der Waals surface area contributed by atoms with Gasteiger partial charge < -0.3 is 10.2 Å². The SMILES string of the molecule is Cc1cc(-c2nn(-c3ccc(Cl)c(F)c3)cc2N)c(C)o1. The van der Waals surface area contributed by atoms with Crippen LogP contribution in [0.25, 0.3) is 16.9 Å². The van der Waals surface area contributed by atoms with Crippen LogP contribution in [0.3, 0.4) is 0 Å². The van der Waals surface area contributed by atoms with Gasteiger partial charge in [-0.3, -0.25) is 0 Å². The Morgan fingerprint density at radius 1 is 1.29 bits per heavy atom. The van der Waals surface area contributed by atoms with Gasteiger partial charge in [-0.25, -0.2) is 9.07 Å². The minimum absolute atomic E-state index is 0.0698. The van der Waals surface area contributed by atoms with Crippen molar-refractivity contribution in [2.24, 2.45) is 0 Å². The number of nitrogen functional groups attached to an aromatic ring is 1. The second-order valence-electron chi connectivity index (χ2n) is 4.80. The highest BCUT2D eigenvalue weighted by atomic mass is 35.5. The Hall–Kier alpha value is -2.27. The van der Waals surface area contributed by atoms with E-state index in [0.717, 1.165) is 17.1 Å². The van der Waals surface area contributed by atoms with Crippen molar-refractivity contribution in [2.45, 2.75) is 13.8 Å². The molecule has 3 rings (SSSR count). The molecular weight excluding hydrogens is 293 g/mol. The first kappa shape index (κ1) is 13.7. The van der Waals surface area contributed by atoms with Gasteiger partial charge in [0.2, 0.25) is 0 Å². The monoisotopic (exact) mass is 305 g/mol. The topological polar surface area (TPSA) is 57.0 Å². The number of anilines is 1. The third-order valence-corrected chi connectivity index (χ3v) is 3.51. The molecule has 1 aromatic carbocycles. The highest BCUT2D eigenvalue weighted by Crippen LogP contribution is 2.30. The van der Waals surface area contributed by atoms with Crippen molar-refractivity contribution in [3.8, 4) is 16.9 Å². The van der Waals surface area contributed by atoms with Crippen LogP contribution in [0, 0.1) is 19.7 Å². The normalized spacial score (nSPS) is 11.0. The fourth-order valence-electron chi connectivity index (χ4n) is 2.22. The number of nitrogens with zero attached hydrogens (tertiary/aromatic N) is 2. The second-order valence-corrected chi connectivity index (χ2v) is 5.21. The number of halogens is 2. The van der Waals surface area contributed by atoms with E-state index in [4.69, 9.17) is 21.8 Å². The zero-order chi connectivity index (χ0) is 15.1. The van der Waals surface area contributed by atoms with Gasteiger partial charge in [-0.15, -0.1) is 0 Å². The van der Waals surface area contributed by atoms with Gasteiger partial charge in [0.25, 0.3) is 0 Å². The maximum absolute atomic E-state index is 13.5. The van der Waals surface area contributed by atoms with Crippen molar-refractivity contribution in [2.75, 3.05) is 5.73 Å². The maximum atomic E-state index is 13.5. The number of aromatic nitrogens is 2. The van der Waals surface area contributed by atoms with Crippen LogP contribution in [0.15, 0.2) is 34.9 Å². The summed E-state index contributed by atoms with van der Waals surface area (Å²) < 4.78 is 20.6. The highest BCUT2D eigenvalue weighted by Gasteiger charge is 2.15. The summed E-state index contributed by atoms with van der Waals surface area (Å²) in [6.07, 6.45) is 1.64. The maximum Gasteiger partial charge on any atom is 0.143 e. The molecule has 2 heterocycles. The summed E-state index contributed by atoms with van der Waals surface area (Å²) in [5.41, 5.74) is 8.50. The molecular formula is C15H13ClFN3O. The van der Waals surface area contributed by atoms with E-state index in [2.05, 4.69) is 5.10 Å². The predicted molar refractivity (Wildman–Crippen MR) is 80.1 cm³/mol. The van der Waals surface area contributed by atoms with Crippen LogP contribution in [-0.4, -0.2) is 9.78 Å². The molecule has 0 fully saturated rings. The summed E-state index contributed by atoms with van der Waals surface area (Å²) in [6, 6.07) is 6.35. The zero-order valence-electron chi connectivity index (χ0n) is 11.5. The predicted octanol–water partition coefficient (Wildman–Crippen LogP) is 4.12. The molecule has 0 amide bonds. The molecule has 4 nitrogen and oxygen atoms in total. The summed E-state index contributed by atoms with van der Waals surface area (Å²) >= 11 is 5.68. The van der Waals surface area contributed by atoms with Crippen LogP contribution >= 0.6 is 11.6 Å². The average molecular weight is 306 g/mol. The first-order valence-corrected chi connectivity index (χ1v) is 6.71. The fourth-order valence-corrected chi connectivity index (χ4v) is 2.34. The fraction of sp³-hybridized carbons (Fsp3) is 0.133. The molecule has 0 aliphatic rings. The van der Waals surface area contributed by atoms with Gasteiger partial charge in [0, 0.05) is 11.6 Å². The van der Waals surface area contributed by atoms with Gasteiger partial charge in [-0.05, 0) is 32.0 Å². The molecule has 0 aliphatic carbocycles. The third kappa shape index (κ3) is 2.40. The van der Waals surface area contributed by atoms with Crippen molar-refractivity contribution in [3.05, 3.63) is 52.8 Å². The lowest BCUT2D eigenvalue weighted by molar-refractivity contribution is 0.505. The zero-order valence-corrected chi connectivity index (χ0v) is 12.3. The van der Waals surface area contributed by atoms with Crippen molar-refractivity contribution in [1.29, 1.82) is 0 Å². The van der Waals surface area contributed by atoms with Crippen LogP contribution in [0.5, 0.6) is 0 Å². The Balaban J connectivity index is 2.09. The van der Waals surface area contributed by atoms with E-state index in [-0.39, 0.29) is 5.02 Å². The largest absolute Gasteiger partial charge is 0.466 e. The minimum atomic E-state index is -0.500.